The van der Waals surface area contributed by atoms with Gasteiger partial charge in [0.05, 0.1) is 6.10 Å². The molecule has 1 N–H and O–H groups in total. The Bertz CT molecular complexity index is 773. The third kappa shape index (κ3) is 2.63. The van der Waals surface area contributed by atoms with Gasteiger partial charge in [0.1, 0.15) is 0 Å². The molecule has 0 unspecified atom stereocenters. The van der Waals surface area contributed by atoms with Gasteiger partial charge in [-0.15, -0.1) is 5.10 Å². The molecule has 132 valence electrons. The van der Waals surface area contributed by atoms with Crippen LogP contribution in [0.3, 0.4) is 0 Å². The molecule has 1 aliphatic carbocycles. The normalized spacial score (nSPS) is 25.9. The summed E-state index contributed by atoms with van der Waals surface area (Å²) >= 11 is 0. The van der Waals surface area contributed by atoms with Gasteiger partial charge < -0.3 is 23.9 Å². The topological polar surface area (TPSA) is 80.9 Å². The molecule has 2 aliphatic heterocycles. The van der Waals surface area contributed by atoms with Crippen molar-refractivity contribution in [1.29, 1.82) is 0 Å². The summed E-state index contributed by atoms with van der Waals surface area (Å²) in [6.07, 6.45) is 3.84. The standard InChI is InChI=1S/C18H21N3O4/c22-14-9-21(18-20-19-17(25-18)11-2-1-3-11)7-6-13(14)12-4-5-15-16(8-12)24-10-23-15/h4-5,8,11,13-14,22H,1-3,6-7,9-10H2/t13-,14+/m0/s1. The van der Waals surface area contributed by atoms with Crippen LogP contribution in [-0.4, -0.2) is 41.3 Å². The Balaban J connectivity index is 1.29. The van der Waals surface area contributed by atoms with Crippen LogP contribution < -0.4 is 14.4 Å². The molecule has 0 radical (unpaired) electrons. The van der Waals surface area contributed by atoms with Gasteiger partial charge in [0.25, 0.3) is 0 Å². The highest BCUT2D eigenvalue weighted by molar-refractivity contribution is 5.46. The van der Waals surface area contributed by atoms with E-state index in [4.69, 9.17) is 13.9 Å². The fourth-order valence-electron chi connectivity index (χ4n) is 3.81. The highest BCUT2D eigenvalue weighted by Gasteiger charge is 2.33. The number of aliphatic hydroxyl groups excluding tert-OH is 1. The minimum atomic E-state index is -0.492. The largest absolute Gasteiger partial charge is 0.454 e. The molecule has 2 fully saturated rings. The lowest BCUT2D eigenvalue weighted by Crippen LogP contribution is -2.43. The van der Waals surface area contributed by atoms with Crippen molar-refractivity contribution in [3.63, 3.8) is 0 Å². The molecule has 3 aliphatic rings. The first-order valence-corrected chi connectivity index (χ1v) is 8.94. The quantitative estimate of drug-likeness (QED) is 0.916. The van der Waals surface area contributed by atoms with E-state index in [9.17, 15) is 5.11 Å². The molecule has 7 nitrogen and oxygen atoms in total. The van der Waals surface area contributed by atoms with Crippen molar-refractivity contribution in [3.05, 3.63) is 29.7 Å². The molecule has 1 aromatic heterocycles. The lowest BCUT2D eigenvalue weighted by molar-refractivity contribution is 0.127. The van der Waals surface area contributed by atoms with Crippen LogP contribution in [0.4, 0.5) is 6.01 Å². The first-order chi connectivity index (χ1) is 12.3. The number of hydrogen-bond donors (Lipinski definition) is 1. The summed E-state index contributed by atoms with van der Waals surface area (Å²) in [5, 5.41) is 19.0. The summed E-state index contributed by atoms with van der Waals surface area (Å²) in [6, 6.07) is 6.44. The van der Waals surface area contributed by atoms with Crippen molar-refractivity contribution in [1.82, 2.24) is 10.2 Å². The summed E-state index contributed by atoms with van der Waals surface area (Å²) in [5.41, 5.74) is 1.08. The molecule has 25 heavy (non-hydrogen) atoms. The molecule has 1 aromatic carbocycles. The van der Waals surface area contributed by atoms with Crippen LogP contribution in [0, 0.1) is 0 Å². The van der Waals surface area contributed by atoms with Gasteiger partial charge >= 0.3 is 6.01 Å². The maximum atomic E-state index is 10.7. The molecule has 2 atom stereocenters. The zero-order valence-electron chi connectivity index (χ0n) is 13.9. The van der Waals surface area contributed by atoms with Crippen molar-refractivity contribution in [2.75, 3.05) is 24.8 Å². The summed E-state index contributed by atoms with van der Waals surface area (Å²) in [4.78, 5) is 1.99. The Morgan fingerprint density at radius 3 is 2.76 bits per heavy atom. The molecular formula is C18H21N3O4. The second-order valence-corrected chi connectivity index (χ2v) is 7.07. The number of fused-ring (bicyclic) bond motifs is 1. The zero-order chi connectivity index (χ0) is 16.8. The molecular weight excluding hydrogens is 322 g/mol. The van der Waals surface area contributed by atoms with Crippen LogP contribution in [0.1, 0.15) is 49.0 Å². The Kier molecular flexibility index (Phi) is 3.55. The van der Waals surface area contributed by atoms with Gasteiger partial charge in [-0.1, -0.05) is 17.6 Å². The summed E-state index contributed by atoms with van der Waals surface area (Å²) in [7, 11) is 0. The summed E-state index contributed by atoms with van der Waals surface area (Å²) < 4.78 is 16.6. The molecule has 5 rings (SSSR count). The van der Waals surface area contributed by atoms with Crippen molar-refractivity contribution < 1.29 is 19.0 Å². The number of anilines is 1. The number of aromatic nitrogens is 2. The predicted octanol–water partition coefficient (Wildman–Crippen LogP) is 2.42. The van der Waals surface area contributed by atoms with E-state index in [-0.39, 0.29) is 12.7 Å². The van der Waals surface area contributed by atoms with Gasteiger partial charge in [-0.25, -0.2) is 0 Å². The Labute approximate surface area is 145 Å². The maximum Gasteiger partial charge on any atom is 0.318 e. The third-order valence-corrected chi connectivity index (χ3v) is 5.56. The molecule has 0 amide bonds. The van der Waals surface area contributed by atoms with E-state index in [1.807, 2.05) is 23.1 Å². The number of rotatable bonds is 3. The second kappa shape index (κ2) is 5.91. The van der Waals surface area contributed by atoms with Crippen molar-refractivity contribution in [3.8, 4) is 11.5 Å². The number of benzene rings is 1. The van der Waals surface area contributed by atoms with Gasteiger partial charge in [0.2, 0.25) is 12.7 Å². The molecule has 1 saturated carbocycles. The van der Waals surface area contributed by atoms with Crippen molar-refractivity contribution in [2.45, 2.75) is 43.6 Å². The minimum Gasteiger partial charge on any atom is -0.454 e. The van der Waals surface area contributed by atoms with E-state index >= 15 is 0 Å². The molecule has 7 heteroatoms. The summed E-state index contributed by atoms with van der Waals surface area (Å²) in [5.74, 6) is 2.77. The average molecular weight is 343 g/mol. The Morgan fingerprint density at radius 2 is 1.96 bits per heavy atom. The predicted molar refractivity (Wildman–Crippen MR) is 89.0 cm³/mol. The number of aliphatic hydroxyl groups is 1. The van der Waals surface area contributed by atoms with Crippen molar-refractivity contribution in [2.24, 2.45) is 0 Å². The van der Waals surface area contributed by atoms with Crippen LogP contribution in [0.25, 0.3) is 0 Å². The van der Waals surface area contributed by atoms with E-state index in [1.54, 1.807) is 0 Å². The minimum absolute atomic E-state index is 0.0692. The third-order valence-electron chi connectivity index (χ3n) is 5.56. The molecule has 0 bridgehead atoms. The first kappa shape index (κ1) is 15.0. The van der Waals surface area contributed by atoms with Crippen LogP contribution in [-0.2, 0) is 0 Å². The van der Waals surface area contributed by atoms with E-state index in [0.717, 1.165) is 48.8 Å². The lowest BCUT2D eigenvalue weighted by Gasteiger charge is -2.35. The van der Waals surface area contributed by atoms with Gasteiger partial charge in [-0.2, -0.15) is 0 Å². The molecule has 3 heterocycles. The SMILES string of the molecule is O[C@@H]1CN(c2nnc(C3CCC3)o2)CC[C@H]1c1ccc2c(c1)OCO2. The summed E-state index contributed by atoms with van der Waals surface area (Å²) in [6.45, 7) is 1.54. The number of hydrogen-bond acceptors (Lipinski definition) is 7. The lowest BCUT2D eigenvalue weighted by atomic mass is 9.85. The van der Waals surface area contributed by atoms with E-state index in [1.165, 1.54) is 6.42 Å². The van der Waals surface area contributed by atoms with Crippen LogP contribution in [0.15, 0.2) is 22.6 Å². The maximum absolute atomic E-state index is 10.7. The fourth-order valence-corrected chi connectivity index (χ4v) is 3.81. The smallest absolute Gasteiger partial charge is 0.318 e. The first-order valence-electron chi connectivity index (χ1n) is 8.94. The Morgan fingerprint density at radius 1 is 1.08 bits per heavy atom. The van der Waals surface area contributed by atoms with Gasteiger partial charge in [0, 0.05) is 24.9 Å². The fraction of sp³-hybridized carbons (Fsp3) is 0.556. The van der Waals surface area contributed by atoms with E-state index in [0.29, 0.717) is 18.5 Å². The number of β-amino-alcohol motifs (C(OH)–C–C–N with tert-alkyl or cyclic N) is 1. The molecule has 0 spiro atoms. The van der Waals surface area contributed by atoms with Crippen LogP contribution in [0.2, 0.25) is 0 Å². The molecule has 2 aromatic rings. The highest BCUT2D eigenvalue weighted by atomic mass is 16.7. The molecule has 1 saturated heterocycles. The van der Waals surface area contributed by atoms with Gasteiger partial charge in [-0.05, 0) is 37.0 Å². The van der Waals surface area contributed by atoms with Gasteiger partial charge in [0.15, 0.2) is 11.5 Å². The average Bonchev–Trinajstić information content (AvgIpc) is 3.21. The van der Waals surface area contributed by atoms with Crippen LogP contribution >= 0.6 is 0 Å². The second-order valence-electron chi connectivity index (χ2n) is 7.07. The monoisotopic (exact) mass is 343 g/mol. The number of piperidine rings is 1. The van der Waals surface area contributed by atoms with Crippen molar-refractivity contribution >= 4 is 6.01 Å². The number of ether oxygens (including phenoxy) is 2. The van der Waals surface area contributed by atoms with Crippen LogP contribution in [0.5, 0.6) is 11.5 Å². The van der Waals surface area contributed by atoms with E-state index in [2.05, 4.69) is 10.2 Å². The van der Waals surface area contributed by atoms with E-state index < -0.39 is 6.10 Å². The zero-order valence-corrected chi connectivity index (χ0v) is 13.9. The highest BCUT2D eigenvalue weighted by Crippen LogP contribution is 2.39. The number of nitrogens with zero attached hydrogens (tertiary/aromatic N) is 3. The van der Waals surface area contributed by atoms with Gasteiger partial charge in [-0.3, -0.25) is 0 Å². The Hall–Kier alpha value is -2.28.